The van der Waals surface area contributed by atoms with Gasteiger partial charge in [0.1, 0.15) is 5.02 Å². The maximum absolute atomic E-state index is 11.5. The van der Waals surface area contributed by atoms with Gasteiger partial charge in [-0.3, -0.25) is 25.8 Å². The Bertz CT molecular complexity index is 494. The smallest absolute Gasteiger partial charge is 0.288 e. The summed E-state index contributed by atoms with van der Waals surface area (Å²) in [5, 5.41) is 10.4. The Morgan fingerprint density at radius 2 is 2.12 bits per heavy atom. The molecule has 17 heavy (non-hydrogen) atoms. The molecule has 1 aromatic carbocycles. The van der Waals surface area contributed by atoms with Crippen LogP contribution in [0, 0.1) is 10.1 Å². The number of nitrogens with one attached hydrogen (secondary N) is 2. The van der Waals surface area contributed by atoms with Gasteiger partial charge in [-0.1, -0.05) is 11.6 Å². The molecule has 0 aliphatic heterocycles. The number of carbonyl (C=O) groups excluding carboxylic acids is 1. The van der Waals surface area contributed by atoms with E-state index in [1.165, 1.54) is 12.1 Å². The lowest BCUT2D eigenvalue weighted by molar-refractivity contribution is -0.384. The number of hydrogen-bond acceptors (Lipinski definition) is 4. The van der Waals surface area contributed by atoms with Gasteiger partial charge in [0, 0.05) is 11.6 Å². The number of nitro groups is 1. The van der Waals surface area contributed by atoms with Crippen molar-refractivity contribution in [3.05, 3.63) is 38.9 Å². The molecule has 0 saturated carbocycles. The number of benzene rings is 1. The Balaban J connectivity index is 2.92. The number of nitro benzene ring substituents is 1. The minimum Gasteiger partial charge on any atom is -0.375 e. The Morgan fingerprint density at radius 1 is 1.47 bits per heavy atom. The fourth-order valence-corrected chi connectivity index (χ4v) is 1.22. The first kappa shape index (κ1) is 13.1. The number of nitrogens with two attached hydrogens (primary N) is 1. The van der Waals surface area contributed by atoms with E-state index < -0.39 is 10.8 Å². The summed E-state index contributed by atoms with van der Waals surface area (Å²) in [4.78, 5) is 21.4. The first-order valence-electron chi connectivity index (χ1n) is 4.21. The van der Waals surface area contributed by atoms with Crippen LogP contribution in [0.1, 0.15) is 10.4 Å². The number of amides is 1. The van der Waals surface area contributed by atoms with Gasteiger partial charge in [-0.15, -0.1) is 0 Å². The zero-order chi connectivity index (χ0) is 13.0. The van der Waals surface area contributed by atoms with Crippen LogP contribution < -0.4 is 16.6 Å². The second-order valence-electron chi connectivity index (χ2n) is 2.87. The minimum atomic E-state index is -0.680. The van der Waals surface area contributed by atoms with Crippen molar-refractivity contribution in [2.45, 2.75) is 0 Å². The number of thiocarbonyl (C=S) groups is 1. The summed E-state index contributed by atoms with van der Waals surface area (Å²) in [6, 6.07) is 3.65. The van der Waals surface area contributed by atoms with Gasteiger partial charge in [-0.25, -0.2) is 0 Å². The topological polar surface area (TPSA) is 110 Å². The molecule has 9 heteroatoms. The summed E-state index contributed by atoms with van der Waals surface area (Å²) < 4.78 is 0. The fourth-order valence-electron chi connectivity index (χ4n) is 0.984. The predicted octanol–water partition coefficient (Wildman–Crippen LogP) is 0.726. The van der Waals surface area contributed by atoms with E-state index >= 15 is 0 Å². The van der Waals surface area contributed by atoms with Crippen molar-refractivity contribution >= 4 is 40.5 Å². The molecule has 1 aromatic rings. The Morgan fingerprint density at radius 3 is 2.65 bits per heavy atom. The monoisotopic (exact) mass is 274 g/mol. The largest absolute Gasteiger partial charge is 0.375 e. The molecule has 0 saturated heterocycles. The molecule has 0 unspecified atom stereocenters. The van der Waals surface area contributed by atoms with Crippen LogP contribution in [0.3, 0.4) is 0 Å². The summed E-state index contributed by atoms with van der Waals surface area (Å²) in [7, 11) is 0. The van der Waals surface area contributed by atoms with Gasteiger partial charge < -0.3 is 5.73 Å². The van der Waals surface area contributed by atoms with Crippen molar-refractivity contribution in [3.8, 4) is 0 Å². The molecule has 0 atom stereocenters. The molecule has 0 bridgehead atoms. The molecule has 1 amide bonds. The van der Waals surface area contributed by atoms with Crippen LogP contribution in [-0.4, -0.2) is 15.9 Å². The van der Waals surface area contributed by atoms with Gasteiger partial charge >= 0.3 is 0 Å². The van der Waals surface area contributed by atoms with Crippen LogP contribution in [0.2, 0.25) is 5.02 Å². The molecular formula is C8H7ClN4O3S. The molecule has 7 nitrogen and oxygen atoms in total. The average Bonchev–Trinajstić information content (AvgIpc) is 2.26. The third-order valence-corrected chi connectivity index (χ3v) is 2.13. The van der Waals surface area contributed by atoms with Crippen molar-refractivity contribution < 1.29 is 9.72 Å². The molecule has 0 aromatic heterocycles. The SMILES string of the molecule is NC(=S)NNC(=O)c1ccc(Cl)c([N+](=O)[O-])c1. The second kappa shape index (κ2) is 5.41. The number of carbonyl (C=O) groups is 1. The lowest BCUT2D eigenvalue weighted by Crippen LogP contribution is -2.44. The molecule has 0 spiro atoms. The van der Waals surface area contributed by atoms with E-state index in [2.05, 4.69) is 23.1 Å². The highest BCUT2D eigenvalue weighted by molar-refractivity contribution is 7.80. The summed E-state index contributed by atoms with van der Waals surface area (Å²) in [6.45, 7) is 0. The quantitative estimate of drug-likeness (QED) is 0.416. The fraction of sp³-hybridized carbons (Fsp3) is 0. The summed E-state index contributed by atoms with van der Waals surface area (Å²) in [5.74, 6) is -0.613. The van der Waals surface area contributed by atoms with Crippen molar-refractivity contribution in [1.29, 1.82) is 0 Å². The van der Waals surface area contributed by atoms with E-state index in [1.54, 1.807) is 0 Å². The van der Waals surface area contributed by atoms with Crippen molar-refractivity contribution in [2.24, 2.45) is 5.73 Å². The Labute approximate surface area is 106 Å². The third-order valence-electron chi connectivity index (χ3n) is 1.70. The number of rotatable bonds is 2. The first-order valence-corrected chi connectivity index (χ1v) is 5.00. The van der Waals surface area contributed by atoms with E-state index in [0.29, 0.717) is 0 Å². The zero-order valence-electron chi connectivity index (χ0n) is 8.27. The van der Waals surface area contributed by atoms with E-state index in [4.69, 9.17) is 17.3 Å². The van der Waals surface area contributed by atoms with Gasteiger partial charge in [-0.05, 0) is 24.4 Å². The van der Waals surface area contributed by atoms with Crippen LogP contribution in [0.25, 0.3) is 0 Å². The van der Waals surface area contributed by atoms with Crippen molar-refractivity contribution in [2.75, 3.05) is 0 Å². The standard InChI is InChI=1S/C8H7ClN4O3S/c9-5-2-1-4(3-6(5)13(15)16)7(14)11-12-8(10)17/h1-3H,(H,11,14)(H3,10,12,17). The molecule has 0 heterocycles. The third kappa shape index (κ3) is 3.54. The lowest BCUT2D eigenvalue weighted by atomic mass is 10.2. The van der Waals surface area contributed by atoms with Crippen LogP contribution in [0.15, 0.2) is 18.2 Å². The molecule has 0 fully saturated rings. The van der Waals surface area contributed by atoms with Gasteiger partial charge in [0.25, 0.3) is 11.6 Å². The van der Waals surface area contributed by atoms with Gasteiger partial charge in [0.2, 0.25) is 0 Å². The highest BCUT2D eigenvalue weighted by Crippen LogP contribution is 2.24. The molecular weight excluding hydrogens is 268 g/mol. The summed E-state index contributed by atoms with van der Waals surface area (Å²) >= 11 is 10.1. The van der Waals surface area contributed by atoms with Gasteiger partial charge in [0.05, 0.1) is 4.92 Å². The molecule has 90 valence electrons. The maximum atomic E-state index is 11.5. The molecule has 0 aliphatic carbocycles. The number of halogens is 1. The van der Waals surface area contributed by atoms with Gasteiger partial charge in [0.15, 0.2) is 5.11 Å². The van der Waals surface area contributed by atoms with E-state index in [0.717, 1.165) is 6.07 Å². The highest BCUT2D eigenvalue weighted by atomic mass is 35.5. The number of nitrogens with zero attached hydrogens (tertiary/aromatic N) is 1. The van der Waals surface area contributed by atoms with Crippen molar-refractivity contribution in [1.82, 2.24) is 10.9 Å². The van der Waals surface area contributed by atoms with E-state index in [9.17, 15) is 14.9 Å². The first-order chi connectivity index (χ1) is 7.91. The molecule has 0 aliphatic rings. The maximum Gasteiger partial charge on any atom is 0.288 e. The Kier molecular flexibility index (Phi) is 4.18. The highest BCUT2D eigenvalue weighted by Gasteiger charge is 2.16. The van der Waals surface area contributed by atoms with Crippen LogP contribution in [-0.2, 0) is 0 Å². The van der Waals surface area contributed by atoms with E-state index in [-0.39, 0.29) is 21.4 Å². The Hall–Kier alpha value is -1.93. The zero-order valence-corrected chi connectivity index (χ0v) is 9.84. The van der Waals surface area contributed by atoms with Gasteiger partial charge in [-0.2, -0.15) is 0 Å². The van der Waals surface area contributed by atoms with Crippen molar-refractivity contribution in [3.63, 3.8) is 0 Å². The molecule has 0 radical (unpaired) electrons. The summed E-state index contributed by atoms with van der Waals surface area (Å²) in [6.07, 6.45) is 0. The number of hydrogen-bond donors (Lipinski definition) is 3. The second-order valence-corrected chi connectivity index (χ2v) is 3.71. The minimum absolute atomic E-state index is 0.0474. The van der Waals surface area contributed by atoms with Crippen LogP contribution in [0.5, 0.6) is 0 Å². The van der Waals surface area contributed by atoms with Crippen LogP contribution >= 0.6 is 23.8 Å². The lowest BCUT2D eigenvalue weighted by Gasteiger charge is -2.06. The molecule has 4 N–H and O–H groups in total. The number of hydrazine groups is 1. The van der Waals surface area contributed by atoms with Crippen LogP contribution in [0.4, 0.5) is 5.69 Å². The average molecular weight is 275 g/mol. The normalized spacial score (nSPS) is 9.47. The predicted molar refractivity (Wildman–Crippen MR) is 65.5 cm³/mol. The van der Waals surface area contributed by atoms with E-state index in [1.807, 2.05) is 0 Å². The molecule has 1 rings (SSSR count). The summed E-state index contributed by atoms with van der Waals surface area (Å²) in [5.41, 5.74) is 9.18.